The van der Waals surface area contributed by atoms with Crippen LogP contribution in [0.2, 0.25) is 0 Å². The van der Waals surface area contributed by atoms with Gasteiger partial charge in [0, 0.05) is 25.3 Å². The summed E-state index contributed by atoms with van der Waals surface area (Å²) in [7, 11) is 0. The number of fused-ring (bicyclic) bond motifs is 3. The lowest BCUT2D eigenvalue weighted by atomic mass is 9.74. The van der Waals surface area contributed by atoms with E-state index >= 15 is 0 Å². The summed E-state index contributed by atoms with van der Waals surface area (Å²) in [4.78, 5) is 35.7. The SMILES string of the molecule is O=C(O)CCCCCCNC(=O)CC1(NC(=O)OCC2c3ccccc3-c3ccccc32)CCC1. The van der Waals surface area contributed by atoms with Crippen molar-refractivity contribution in [3.63, 3.8) is 0 Å². The predicted octanol–water partition coefficient (Wildman–Crippen LogP) is 4.99. The number of amides is 2. The first-order valence-electron chi connectivity index (χ1n) is 12.6. The van der Waals surface area contributed by atoms with Gasteiger partial charge >= 0.3 is 12.1 Å². The van der Waals surface area contributed by atoms with E-state index < -0.39 is 17.6 Å². The van der Waals surface area contributed by atoms with E-state index in [0.717, 1.165) is 38.5 Å². The largest absolute Gasteiger partial charge is 0.481 e. The van der Waals surface area contributed by atoms with Crippen molar-refractivity contribution in [1.82, 2.24) is 10.6 Å². The number of rotatable bonds is 12. The molecule has 3 N–H and O–H groups in total. The molecule has 0 spiro atoms. The quantitative estimate of drug-likeness (QED) is 0.373. The molecule has 0 bridgehead atoms. The molecule has 186 valence electrons. The molecule has 7 nitrogen and oxygen atoms in total. The summed E-state index contributed by atoms with van der Waals surface area (Å²) in [5.74, 6) is -0.841. The number of carbonyl (C=O) groups excluding carboxylic acids is 2. The zero-order valence-corrected chi connectivity index (χ0v) is 20.1. The summed E-state index contributed by atoms with van der Waals surface area (Å²) in [6.45, 7) is 0.816. The lowest BCUT2D eigenvalue weighted by molar-refractivity contribution is -0.137. The highest BCUT2D eigenvalue weighted by atomic mass is 16.5. The molecule has 2 aliphatic rings. The molecule has 0 saturated heterocycles. The smallest absolute Gasteiger partial charge is 0.407 e. The Bertz CT molecular complexity index is 1020. The van der Waals surface area contributed by atoms with E-state index in [1.54, 1.807) is 0 Å². The van der Waals surface area contributed by atoms with Crippen molar-refractivity contribution in [1.29, 1.82) is 0 Å². The normalized spacial score (nSPS) is 15.4. The molecule has 2 aromatic carbocycles. The molecule has 0 aromatic heterocycles. The van der Waals surface area contributed by atoms with E-state index in [9.17, 15) is 14.4 Å². The average Bonchev–Trinajstić information content (AvgIpc) is 3.14. The van der Waals surface area contributed by atoms with Gasteiger partial charge in [0.2, 0.25) is 5.91 Å². The Morgan fingerprint density at radius 3 is 2.14 bits per heavy atom. The molecular formula is C28H34N2O5. The van der Waals surface area contributed by atoms with Crippen LogP contribution in [0.25, 0.3) is 11.1 Å². The molecule has 35 heavy (non-hydrogen) atoms. The molecule has 7 heteroatoms. The number of ether oxygens (including phenoxy) is 1. The lowest BCUT2D eigenvalue weighted by Gasteiger charge is -2.41. The van der Waals surface area contributed by atoms with Crippen LogP contribution in [0.5, 0.6) is 0 Å². The number of nitrogens with one attached hydrogen (secondary N) is 2. The molecule has 2 amide bonds. The third kappa shape index (κ3) is 6.21. The van der Waals surface area contributed by atoms with Crippen molar-refractivity contribution in [3.05, 3.63) is 59.7 Å². The molecule has 2 aliphatic carbocycles. The minimum atomic E-state index is -0.770. The van der Waals surface area contributed by atoms with Crippen LogP contribution in [-0.2, 0) is 14.3 Å². The highest BCUT2D eigenvalue weighted by Crippen LogP contribution is 2.44. The van der Waals surface area contributed by atoms with Crippen LogP contribution in [0.3, 0.4) is 0 Å². The van der Waals surface area contributed by atoms with E-state index in [1.807, 2.05) is 24.3 Å². The van der Waals surface area contributed by atoms with Gasteiger partial charge in [-0.25, -0.2) is 4.79 Å². The molecule has 4 rings (SSSR count). The van der Waals surface area contributed by atoms with Gasteiger partial charge in [0.05, 0.1) is 5.54 Å². The first kappa shape index (κ1) is 24.8. The van der Waals surface area contributed by atoms with Gasteiger partial charge in [-0.2, -0.15) is 0 Å². The minimum Gasteiger partial charge on any atom is -0.481 e. The van der Waals surface area contributed by atoms with E-state index in [-0.39, 0.29) is 31.3 Å². The monoisotopic (exact) mass is 478 g/mol. The van der Waals surface area contributed by atoms with Gasteiger partial charge in [0.15, 0.2) is 0 Å². The molecule has 2 aromatic rings. The Morgan fingerprint density at radius 2 is 1.54 bits per heavy atom. The number of alkyl carbamates (subject to hydrolysis) is 1. The Labute approximate surface area is 206 Å². The second-order valence-electron chi connectivity index (χ2n) is 9.67. The maximum Gasteiger partial charge on any atom is 0.407 e. The van der Waals surface area contributed by atoms with Gasteiger partial charge in [-0.3, -0.25) is 9.59 Å². The lowest BCUT2D eigenvalue weighted by Crippen LogP contribution is -2.56. The first-order valence-corrected chi connectivity index (χ1v) is 12.6. The number of aliphatic carboxylic acids is 1. The highest BCUT2D eigenvalue weighted by molar-refractivity contribution is 5.80. The first-order chi connectivity index (χ1) is 17.0. The summed E-state index contributed by atoms with van der Waals surface area (Å²) < 4.78 is 5.68. The fourth-order valence-electron chi connectivity index (χ4n) is 5.15. The number of carbonyl (C=O) groups is 3. The Hall–Kier alpha value is -3.35. The number of benzene rings is 2. The van der Waals surface area contributed by atoms with Gasteiger partial charge in [-0.05, 0) is 54.4 Å². The van der Waals surface area contributed by atoms with Crippen molar-refractivity contribution in [2.24, 2.45) is 0 Å². The van der Waals surface area contributed by atoms with Crippen LogP contribution < -0.4 is 10.6 Å². The second-order valence-corrected chi connectivity index (χ2v) is 9.67. The minimum absolute atomic E-state index is 0.00397. The average molecular weight is 479 g/mol. The fourth-order valence-corrected chi connectivity index (χ4v) is 5.15. The molecule has 0 aliphatic heterocycles. The van der Waals surface area contributed by atoms with E-state index in [2.05, 4.69) is 34.9 Å². The van der Waals surface area contributed by atoms with Gasteiger partial charge in [-0.15, -0.1) is 0 Å². The van der Waals surface area contributed by atoms with Crippen LogP contribution in [0, 0.1) is 0 Å². The summed E-state index contributed by atoms with van der Waals surface area (Å²) >= 11 is 0. The van der Waals surface area contributed by atoms with E-state index in [4.69, 9.17) is 9.84 Å². The number of hydrogen-bond donors (Lipinski definition) is 3. The van der Waals surface area contributed by atoms with Crippen LogP contribution in [0.1, 0.15) is 74.8 Å². The van der Waals surface area contributed by atoms with E-state index in [0.29, 0.717) is 13.0 Å². The molecule has 1 saturated carbocycles. The standard InChI is InChI=1S/C28H34N2O5/c31-25(29-17-8-2-1-3-14-26(32)33)18-28(15-9-16-28)30-27(34)35-19-24-22-12-6-4-10-20(22)21-11-5-7-13-23(21)24/h4-7,10-13,24H,1-3,8-9,14-19H2,(H,29,31)(H,30,34)(H,32,33). The molecule has 1 fully saturated rings. The maximum absolute atomic E-state index is 12.7. The molecule has 0 unspecified atom stereocenters. The van der Waals surface area contributed by atoms with Crippen molar-refractivity contribution in [2.45, 2.75) is 69.2 Å². The van der Waals surface area contributed by atoms with Crippen LogP contribution in [0.15, 0.2) is 48.5 Å². The van der Waals surface area contributed by atoms with Crippen molar-refractivity contribution in [3.8, 4) is 11.1 Å². The number of unbranched alkanes of at least 4 members (excludes halogenated alkanes) is 3. The molecule has 0 radical (unpaired) electrons. The summed E-state index contributed by atoms with van der Waals surface area (Å²) in [5.41, 5.74) is 4.18. The zero-order chi connectivity index (χ0) is 24.7. The molecule has 0 atom stereocenters. The van der Waals surface area contributed by atoms with Crippen molar-refractivity contribution >= 4 is 18.0 Å². The summed E-state index contributed by atoms with van der Waals surface area (Å²) in [6.07, 6.45) is 5.67. The Balaban J connectivity index is 1.23. The van der Waals surface area contributed by atoms with E-state index in [1.165, 1.54) is 22.3 Å². The third-order valence-corrected chi connectivity index (χ3v) is 7.16. The van der Waals surface area contributed by atoms with Crippen molar-refractivity contribution < 1.29 is 24.2 Å². The van der Waals surface area contributed by atoms with Gasteiger partial charge in [0.1, 0.15) is 6.61 Å². The summed E-state index contributed by atoms with van der Waals surface area (Å²) in [5, 5.41) is 14.6. The van der Waals surface area contributed by atoms with Crippen LogP contribution >= 0.6 is 0 Å². The predicted molar refractivity (Wildman–Crippen MR) is 133 cm³/mol. The third-order valence-electron chi connectivity index (χ3n) is 7.16. The van der Waals surface area contributed by atoms with Crippen molar-refractivity contribution in [2.75, 3.05) is 13.2 Å². The Kier molecular flexibility index (Phi) is 8.06. The number of carboxylic acids is 1. The summed E-state index contributed by atoms with van der Waals surface area (Å²) in [6, 6.07) is 16.5. The molecule has 0 heterocycles. The van der Waals surface area contributed by atoms with Gasteiger partial charge in [0.25, 0.3) is 0 Å². The second kappa shape index (κ2) is 11.4. The fraction of sp³-hybridized carbons (Fsp3) is 0.464. The van der Waals surface area contributed by atoms with Gasteiger partial charge < -0.3 is 20.5 Å². The Morgan fingerprint density at radius 1 is 0.914 bits per heavy atom. The number of hydrogen-bond acceptors (Lipinski definition) is 4. The van der Waals surface area contributed by atoms with Gasteiger partial charge in [-0.1, -0.05) is 61.4 Å². The van der Waals surface area contributed by atoms with Crippen LogP contribution in [0.4, 0.5) is 4.79 Å². The number of carboxylic acid groups (broad SMARTS) is 1. The zero-order valence-electron chi connectivity index (χ0n) is 20.1. The highest BCUT2D eigenvalue weighted by Gasteiger charge is 2.41. The maximum atomic E-state index is 12.7. The topological polar surface area (TPSA) is 105 Å². The van der Waals surface area contributed by atoms with Crippen LogP contribution in [-0.4, -0.2) is 41.8 Å². The molecular weight excluding hydrogens is 444 g/mol.